The molecule has 3 rings (SSSR count). The number of rotatable bonds is 4. The van der Waals surface area contributed by atoms with Crippen LogP contribution < -0.4 is 5.32 Å². The van der Waals surface area contributed by atoms with Crippen molar-refractivity contribution in [2.24, 2.45) is 0 Å². The molecule has 0 bridgehead atoms. The van der Waals surface area contributed by atoms with E-state index in [1.807, 2.05) is 0 Å². The zero-order valence-corrected chi connectivity index (χ0v) is 13.5. The van der Waals surface area contributed by atoms with E-state index >= 15 is 0 Å². The molecule has 1 aliphatic heterocycles. The van der Waals surface area contributed by atoms with Gasteiger partial charge in [0.05, 0.1) is 0 Å². The summed E-state index contributed by atoms with van der Waals surface area (Å²) in [4.78, 5) is 2.74. The zero-order chi connectivity index (χ0) is 14.5. The number of nitrogens with zero attached hydrogens (tertiary/aromatic N) is 1. The lowest BCUT2D eigenvalue weighted by Gasteiger charge is -2.49. The third-order valence-corrected chi connectivity index (χ3v) is 5.47. The molecule has 2 aliphatic rings. The van der Waals surface area contributed by atoms with Crippen molar-refractivity contribution >= 4 is 0 Å². The van der Waals surface area contributed by atoms with E-state index in [-0.39, 0.29) is 0 Å². The van der Waals surface area contributed by atoms with Crippen molar-refractivity contribution in [3.63, 3.8) is 0 Å². The van der Waals surface area contributed by atoms with Crippen LogP contribution >= 0.6 is 0 Å². The lowest BCUT2D eigenvalue weighted by Crippen LogP contribution is -2.64. The minimum absolute atomic E-state index is 0.442. The fourth-order valence-electron chi connectivity index (χ4n) is 4.09. The summed E-state index contributed by atoms with van der Waals surface area (Å²) >= 11 is 0. The largest absolute Gasteiger partial charge is 0.308 e. The van der Waals surface area contributed by atoms with Gasteiger partial charge in [-0.15, -0.1) is 0 Å². The first-order valence-electron chi connectivity index (χ1n) is 8.80. The van der Waals surface area contributed by atoms with Gasteiger partial charge in [0, 0.05) is 24.7 Å². The fourth-order valence-corrected chi connectivity index (χ4v) is 4.09. The minimum atomic E-state index is 0.442. The van der Waals surface area contributed by atoms with Gasteiger partial charge < -0.3 is 5.32 Å². The van der Waals surface area contributed by atoms with Crippen molar-refractivity contribution in [3.05, 3.63) is 35.9 Å². The monoisotopic (exact) mass is 286 g/mol. The van der Waals surface area contributed by atoms with E-state index in [1.165, 1.54) is 70.1 Å². The van der Waals surface area contributed by atoms with Gasteiger partial charge in [-0.1, -0.05) is 49.6 Å². The SMILES string of the molecule is CC1CNC2(CCCCC2)CN1CCCc1ccccc1. The average Bonchev–Trinajstić information content (AvgIpc) is 2.53. The molecule has 1 heterocycles. The van der Waals surface area contributed by atoms with Crippen LogP contribution in [0.5, 0.6) is 0 Å². The first-order valence-corrected chi connectivity index (χ1v) is 8.80. The Bertz CT molecular complexity index is 422. The molecule has 1 spiro atoms. The van der Waals surface area contributed by atoms with Crippen molar-refractivity contribution < 1.29 is 0 Å². The fraction of sp³-hybridized carbons (Fsp3) is 0.684. The normalized spacial score (nSPS) is 26.0. The lowest BCUT2D eigenvalue weighted by molar-refractivity contribution is 0.0621. The molecule has 1 unspecified atom stereocenters. The van der Waals surface area contributed by atoms with Gasteiger partial charge in [0.2, 0.25) is 0 Å². The zero-order valence-electron chi connectivity index (χ0n) is 13.5. The molecule has 0 radical (unpaired) electrons. The Balaban J connectivity index is 1.51. The van der Waals surface area contributed by atoms with Gasteiger partial charge in [-0.2, -0.15) is 0 Å². The molecule has 116 valence electrons. The third kappa shape index (κ3) is 3.87. The average molecular weight is 286 g/mol. The number of benzene rings is 1. The Labute approximate surface area is 129 Å². The van der Waals surface area contributed by atoms with Gasteiger partial charge in [0.15, 0.2) is 0 Å². The Hall–Kier alpha value is -0.860. The summed E-state index contributed by atoms with van der Waals surface area (Å²) < 4.78 is 0. The maximum absolute atomic E-state index is 3.88. The minimum Gasteiger partial charge on any atom is -0.308 e. The van der Waals surface area contributed by atoms with Crippen LogP contribution in [0.15, 0.2) is 30.3 Å². The van der Waals surface area contributed by atoms with Crippen LogP contribution in [0, 0.1) is 0 Å². The van der Waals surface area contributed by atoms with E-state index in [2.05, 4.69) is 47.5 Å². The maximum Gasteiger partial charge on any atom is 0.0309 e. The van der Waals surface area contributed by atoms with Crippen LogP contribution in [0.1, 0.15) is 51.0 Å². The molecule has 1 saturated carbocycles. The second kappa shape index (κ2) is 6.93. The van der Waals surface area contributed by atoms with Crippen LogP contribution in [-0.2, 0) is 6.42 Å². The highest BCUT2D eigenvalue weighted by Crippen LogP contribution is 2.31. The molecule has 0 amide bonds. The Morgan fingerprint density at radius 2 is 1.90 bits per heavy atom. The number of hydrogen-bond acceptors (Lipinski definition) is 2. The summed E-state index contributed by atoms with van der Waals surface area (Å²) in [6.45, 7) is 6.07. The first kappa shape index (κ1) is 15.1. The molecule has 21 heavy (non-hydrogen) atoms. The van der Waals surface area contributed by atoms with Crippen molar-refractivity contribution in [1.29, 1.82) is 0 Å². The topological polar surface area (TPSA) is 15.3 Å². The maximum atomic E-state index is 3.88. The van der Waals surface area contributed by atoms with Crippen LogP contribution in [0.25, 0.3) is 0 Å². The molecule has 1 aromatic carbocycles. The predicted molar refractivity (Wildman–Crippen MR) is 89.6 cm³/mol. The van der Waals surface area contributed by atoms with E-state index < -0.39 is 0 Å². The van der Waals surface area contributed by atoms with Gasteiger partial charge in [-0.05, 0) is 44.7 Å². The molecule has 1 atom stereocenters. The van der Waals surface area contributed by atoms with E-state index in [9.17, 15) is 0 Å². The lowest BCUT2D eigenvalue weighted by atomic mass is 9.79. The van der Waals surface area contributed by atoms with Crippen LogP contribution in [0.2, 0.25) is 0 Å². The van der Waals surface area contributed by atoms with Crippen LogP contribution in [0.4, 0.5) is 0 Å². The van der Waals surface area contributed by atoms with Crippen molar-refractivity contribution in [2.75, 3.05) is 19.6 Å². The molecule has 2 heteroatoms. The summed E-state index contributed by atoms with van der Waals surface area (Å²) in [5.41, 5.74) is 1.92. The van der Waals surface area contributed by atoms with Crippen molar-refractivity contribution in [2.45, 2.75) is 63.5 Å². The molecular weight excluding hydrogens is 256 g/mol. The van der Waals surface area contributed by atoms with E-state index in [0.29, 0.717) is 11.6 Å². The van der Waals surface area contributed by atoms with Crippen molar-refractivity contribution in [3.8, 4) is 0 Å². The highest BCUT2D eigenvalue weighted by molar-refractivity contribution is 5.14. The molecule has 2 fully saturated rings. The Morgan fingerprint density at radius 1 is 1.14 bits per heavy atom. The number of piperazine rings is 1. The Morgan fingerprint density at radius 3 is 2.67 bits per heavy atom. The molecule has 1 aliphatic carbocycles. The smallest absolute Gasteiger partial charge is 0.0309 e. The number of hydrogen-bond donors (Lipinski definition) is 1. The quantitative estimate of drug-likeness (QED) is 0.909. The molecule has 2 nitrogen and oxygen atoms in total. The second-order valence-corrected chi connectivity index (χ2v) is 7.13. The van der Waals surface area contributed by atoms with Crippen molar-refractivity contribution in [1.82, 2.24) is 10.2 Å². The number of nitrogens with one attached hydrogen (secondary N) is 1. The van der Waals surface area contributed by atoms with Gasteiger partial charge in [0.1, 0.15) is 0 Å². The van der Waals surface area contributed by atoms with E-state index in [4.69, 9.17) is 0 Å². The molecule has 1 saturated heterocycles. The summed E-state index contributed by atoms with van der Waals surface area (Å²) in [7, 11) is 0. The first-order chi connectivity index (χ1) is 10.3. The highest BCUT2D eigenvalue weighted by Gasteiger charge is 2.38. The molecular formula is C19H30N2. The molecule has 1 N–H and O–H groups in total. The summed E-state index contributed by atoms with van der Waals surface area (Å²) in [5, 5.41) is 3.88. The third-order valence-electron chi connectivity index (χ3n) is 5.47. The van der Waals surface area contributed by atoms with Crippen LogP contribution in [-0.4, -0.2) is 36.1 Å². The summed E-state index contributed by atoms with van der Waals surface area (Å²) in [6.07, 6.45) is 9.53. The van der Waals surface area contributed by atoms with E-state index in [1.54, 1.807) is 0 Å². The standard InChI is InChI=1S/C19H30N2/c1-17-15-20-19(12-6-3-7-13-19)16-21(17)14-8-11-18-9-4-2-5-10-18/h2,4-5,9-10,17,20H,3,6-8,11-16H2,1H3. The Kier molecular flexibility index (Phi) is 4.97. The van der Waals surface area contributed by atoms with Gasteiger partial charge >= 0.3 is 0 Å². The summed E-state index contributed by atoms with van der Waals surface area (Å²) in [6, 6.07) is 11.6. The van der Waals surface area contributed by atoms with E-state index in [0.717, 1.165) is 0 Å². The van der Waals surface area contributed by atoms with Gasteiger partial charge in [-0.25, -0.2) is 0 Å². The predicted octanol–water partition coefficient (Wildman–Crippen LogP) is 3.62. The second-order valence-electron chi connectivity index (χ2n) is 7.13. The molecule has 0 aromatic heterocycles. The number of aryl methyl sites for hydroxylation is 1. The van der Waals surface area contributed by atoms with Gasteiger partial charge in [0.25, 0.3) is 0 Å². The molecule has 1 aromatic rings. The van der Waals surface area contributed by atoms with Gasteiger partial charge in [-0.3, -0.25) is 4.90 Å². The highest BCUT2D eigenvalue weighted by atomic mass is 15.2. The van der Waals surface area contributed by atoms with Crippen LogP contribution in [0.3, 0.4) is 0 Å². The summed E-state index contributed by atoms with van der Waals surface area (Å²) in [5.74, 6) is 0.